The number of aryl methyl sites for hydroxylation is 1. The zero-order valence-electron chi connectivity index (χ0n) is 9.87. The molecule has 0 aliphatic carbocycles. The summed E-state index contributed by atoms with van der Waals surface area (Å²) >= 11 is 6.98. The van der Waals surface area contributed by atoms with Crippen LogP contribution in [0.25, 0.3) is 0 Å². The summed E-state index contributed by atoms with van der Waals surface area (Å²) in [4.78, 5) is 24.0. The number of alkyl halides is 1. The maximum Gasteiger partial charge on any atom is 0.341 e. The molecule has 0 spiro atoms. The van der Waals surface area contributed by atoms with Gasteiger partial charge in [0.1, 0.15) is 10.4 Å². The van der Waals surface area contributed by atoms with E-state index in [4.69, 9.17) is 16.3 Å². The van der Waals surface area contributed by atoms with Gasteiger partial charge >= 0.3 is 5.97 Å². The van der Waals surface area contributed by atoms with Crippen LogP contribution in [0.15, 0.2) is 6.07 Å². The summed E-state index contributed by atoms with van der Waals surface area (Å²) in [5.74, 6) is -0.770. The second-order valence-electron chi connectivity index (χ2n) is 3.43. The summed E-state index contributed by atoms with van der Waals surface area (Å²) in [6.45, 7) is 5.46. The van der Waals surface area contributed by atoms with Gasteiger partial charge in [-0.2, -0.15) is 0 Å². The number of amides is 1. The quantitative estimate of drug-likeness (QED) is 0.679. The fourth-order valence-corrected chi connectivity index (χ4v) is 2.14. The van der Waals surface area contributed by atoms with Crippen molar-refractivity contribution < 1.29 is 14.3 Å². The van der Waals surface area contributed by atoms with E-state index in [0.29, 0.717) is 17.2 Å². The molecule has 6 heteroatoms. The van der Waals surface area contributed by atoms with E-state index in [-0.39, 0.29) is 5.91 Å². The van der Waals surface area contributed by atoms with E-state index in [1.807, 2.05) is 6.92 Å². The Morgan fingerprint density at radius 1 is 1.59 bits per heavy atom. The fraction of sp³-hybridized carbons (Fsp3) is 0.455. The molecule has 0 bridgehead atoms. The van der Waals surface area contributed by atoms with Crippen LogP contribution in [0.5, 0.6) is 0 Å². The Morgan fingerprint density at radius 2 is 2.24 bits per heavy atom. The molecule has 1 atom stereocenters. The van der Waals surface area contributed by atoms with E-state index >= 15 is 0 Å². The summed E-state index contributed by atoms with van der Waals surface area (Å²) in [6, 6.07) is 1.69. The first-order chi connectivity index (χ1) is 7.95. The van der Waals surface area contributed by atoms with Crippen LogP contribution >= 0.6 is 22.9 Å². The van der Waals surface area contributed by atoms with Crippen molar-refractivity contribution in [2.75, 3.05) is 11.9 Å². The molecule has 0 saturated carbocycles. The number of hydrogen-bond donors (Lipinski definition) is 1. The second-order valence-corrected chi connectivity index (χ2v) is 5.34. The van der Waals surface area contributed by atoms with E-state index in [2.05, 4.69) is 5.32 Å². The molecule has 4 nitrogen and oxygen atoms in total. The Morgan fingerprint density at radius 3 is 2.76 bits per heavy atom. The Kier molecular flexibility index (Phi) is 4.96. The smallest absolute Gasteiger partial charge is 0.341 e. The first kappa shape index (κ1) is 14.0. The van der Waals surface area contributed by atoms with Crippen LogP contribution in [0.1, 0.15) is 29.1 Å². The summed E-state index contributed by atoms with van der Waals surface area (Å²) in [5, 5.41) is 2.46. The molecule has 1 N–H and O–H groups in total. The number of hydrogen-bond acceptors (Lipinski definition) is 4. The van der Waals surface area contributed by atoms with Crippen molar-refractivity contribution in [2.24, 2.45) is 0 Å². The van der Waals surface area contributed by atoms with E-state index in [9.17, 15) is 9.59 Å². The predicted octanol–water partition coefficient (Wildman–Crippen LogP) is 2.80. The van der Waals surface area contributed by atoms with Crippen molar-refractivity contribution >= 4 is 39.8 Å². The number of halogens is 1. The van der Waals surface area contributed by atoms with Gasteiger partial charge in [0.2, 0.25) is 5.91 Å². The molecule has 1 aromatic heterocycles. The van der Waals surface area contributed by atoms with Crippen molar-refractivity contribution in [3.8, 4) is 0 Å². The monoisotopic (exact) mass is 275 g/mol. The maximum absolute atomic E-state index is 11.6. The molecule has 1 aromatic rings. The average molecular weight is 276 g/mol. The molecular weight excluding hydrogens is 262 g/mol. The number of anilines is 1. The summed E-state index contributed by atoms with van der Waals surface area (Å²) in [6.07, 6.45) is 0. The van der Waals surface area contributed by atoms with Crippen LogP contribution in [0.3, 0.4) is 0 Å². The number of ether oxygens (including phenoxy) is 1. The first-order valence-corrected chi connectivity index (χ1v) is 6.43. The van der Waals surface area contributed by atoms with Crippen LogP contribution < -0.4 is 5.32 Å². The lowest BCUT2D eigenvalue weighted by Gasteiger charge is -2.06. The minimum absolute atomic E-state index is 0.299. The van der Waals surface area contributed by atoms with Gasteiger partial charge in [0.05, 0.1) is 12.2 Å². The lowest BCUT2D eigenvalue weighted by molar-refractivity contribution is -0.115. The van der Waals surface area contributed by atoms with Crippen LogP contribution in [0.4, 0.5) is 5.00 Å². The van der Waals surface area contributed by atoms with Crippen molar-refractivity contribution in [1.82, 2.24) is 0 Å². The minimum atomic E-state index is -0.646. The summed E-state index contributed by atoms with van der Waals surface area (Å²) < 4.78 is 4.91. The maximum atomic E-state index is 11.6. The van der Waals surface area contributed by atoms with Crippen LogP contribution in [0.2, 0.25) is 0 Å². The van der Waals surface area contributed by atoms with Gasteiger partial charge in [-0.15, -0.1) is 22.9 Å². The molecule has 0 fully saturated rings. The van der Waals surface area contributed by atoms with Gasteiger partial charge in [-0.25, -0.2) is 4.79 Å². The normalized spacial score (nSPS) is 12.0. The molecule has 0 aliphatic rings. The zero-order chi connectivity index (χ0) is 13.0. The average Bonchev–Trinajstić information content (AvgIpc) is 2.59. The number of rotatable bonds is 4. The third kappa shape index (κ3) is 3.71. The van der Waals surface area contributed by atoms with Crippen molar-refractivity contribution in [2.45, 2.75) is 26.1 Å². The molecule has 1 amide bonds. The van der Waals surface area contributed by atoms with Gasteiger partial charge in [-0.05, 0) is 26.8 Å². The van der Waals surface area contributed by atoms with Gasteiger partial charge in [0.25, 0.3) is 0 Å². The van der Waals surface area contributed by atoms with Crippen molar-refractivity contribution in [3.05, 3.63) is 16.5 Å². The minimum Gasteiger partial charge on any atom is -0.462 e. The number of carbonyl (C=O) groups excluding carboxylic acids is 2. The van der Waals surface area contributed by atoms with Crippen LogP contribution in [-0.2, 0) is 9.53 Å². The van der Waals surface area contributed by atoms with E-state index in [1.54, 1.807) is 19.9 Å². The Balaban J connectivity index is 2.92. The largest absolute Gasteiger partial charge is 0.462 e. The van der Waals surface area contributed by atoms with E-state index in [1.165, 1.54) is 11.3 Å². The number of nitrogens with one attached hydrogen (secondary N) is 1. The standard InChI is InChI=1S/C11H14ClNO3S/c1-4-16-11(15)8-5-6(2)17-10(8)13-9(14)7(3)12/h5,7H,4H2,1-3H3,(H,13,14). The molecule has 94 valence electrons. The molecule has 1 heterocycles. The zero-order valence-corrected chi connectivity index (χ0v) is 11.4. The Hall–Kier alpha value is -1.07. The highest BCUT2D eigenvalue weighted by atomic mass is 35.5. The number of esters is 1. The molecule has 1 unspecified atom stereocenters. The van der Waals surface area contributed by atoms with E-state index < -0.39 is 11.3 Å². The Bertz CT molecular complexity index is 428. The van der Waals surface area contributed by atoms with Crippen LogP contribution in [-0.4, -0.2) is 23.9 Å². The molecule has 0 radical (unpaired) electrons. The van der Waals surface area contributed by atoms with E-state index in [0.717, 1.165) is 4.88 Å². The third-order valence-corrected chi connectivity index (χ3v) is 3.11. The first-order valence-electron chi connectivity index (χ1n) is 5.18. The lowest BCUT2D eigenvalue weighted by atomic mass is 10.3. The van der Waals surface area contributed by atoms with Crippen LogP contribution in [0, 0.1) is 6.92 Å². The third-order valence-electron chi connectivity index (χ3n) is 1.95. The predicted molar refractivity (Wildman–Crippen MR) is 69.0 cm³/mol. The highest BCUT2D eigenvalue weighted by Gasteiger charge is 2.19. The molecule has 0 aliphatic heterocycles. The molecule has 0 saturated heterocycles. The second kappa shape index (κ2) is 6.02. The van der Waals surface area contributed by atoms with Crippen molar-refractivity contribution in [3.63, 3.8) is 0 Å². The van der Waals surface area contributed by atoms with Gasteiger partial charge in [0.15, 0.2) is 0 Å². The lowest BCUT2D eigenvalue weighted by Crippen LogP contribution is -2.21. The SMILES string of the molecule is CCOC(=O)c1cc(C)sc1NC(=O)C(C)Cl. The topological polar surface area (TPSA) is 55.4 Å². The Labute approximate surface area is 109 Å². The van der Waals surface area contributed by atoms with Crippen molar-refractivity contribution in [1.29, 1.82) is 0 Å². The molecule has 0 aromatic carbocycles. The summed E-state index contributed by atoms with van der Waals surface area (Å²) in [7, 11) is 0. The summed E-state index contributed by atoms with van der Waals surface area (Å²) in [5.41, 5.74) is 0.375. The fourth-order valence-electron chi connectivity index (χ4n) is 1.18. The molecule has 17 heavy (non-hydrogen) atoms. The number of thiophene rings is 1. The van der Waals surface area contributed by atoms with Gasteiger partial charge < -0.3 is 10.1 Å². The van der Waals surface area contributed by atoms with Gasteiger partial charge in [-0.1, -0.05) is 0 Å². The molecule has 1 rings (SSSR count). The highest BCUT2D eigenvalue weighted by Crippen LogP contribution is 2.28. The highest BCUT2D eigenvalue weighted by molar-refractivity contribution is 7.16. The van der Waals surface area contributed by atoms with Gasteiger partial charge in [-0.3, -0.25) is 4.79 Å². The molecular formula is C11H14ClNO3S. The van der Waals surface area contributed by atoms with Gasteiger partial charge in [0, 0.05) is 4.88 Å². The number of carbonyl (C=O) groups is 2.